The van der Waals surface area contributed by atoms with Gasteiger partial charge in [0.2, 0.25) is 5.91 Å². The van der Waals surface area contributed by atoms with E-state index in [1.54, 1.807) is 12.1 Å². The topological polar surface area (TPSA) is 98.9 Å². The maximum Gasteiger partial charge on any atom is 0.323 e. The number of nitrogens with one attached hydrogen (secondary N) is 4. The van der Waals surface area contributed by atoms with Crippen LogP contribution in [0.5, 0.6) is 0 Å². The Bertz CT molecular complexity index is 935. The van der Waals surface area contributed by atoms with Crippen molar-refractivity contribution in [1.82, 2.24) is 15.5 Å². The third-order valence-corrected chi connectivity index (χ3v) is 4.18. The molecular weight excluding hydrogens is 354 g/mol. The zero-order chi connectivity index (χ0) is 19.9. The van der Waals surface area contributed by atoms with E-state index in [4.69, 9.17) is 0 Å². The highest BCUT2D eigenvalue weighted by Gasteiger charge is 2.12. The normalized spacial score (nSPS) is 11.5. The van der Waals surface area contributed by atoms with Gasteiger partial charge < -0.3 is 16.0 Å². The van der Waals surface area contributed by atoms with E-state index in [0.717, 1.165) is 16.9 Å². The molecule has 0 spiro atoms. The van der Waals surface area contributed by atoms with Crippen molar-refractivity contribution in [2.45, 2.75) is 26.3 Å². The Morgan fingerprint density at radius 2 is 1.64 bits per heavy atom. The first kappa shape index (κ1) is 19.2. The molecule has 3 amide bonds. The lowest BCUT2D eigenvalue weighted by atomic mass is 10.1. The standard InChI is InChI=1S/C21H23N5O2/c1-14-12-19(26-25-14)13-20(27)22-15(2)16-8-10-18(11-9-16)24-21(28)23-17-6-4-3-5-7-17/h3-12,15H,13H2,1-2H3,(H,22,27)(H,25,26)(H2,23,24,28). The number of amides is 3. The number of aryl methyl sites for hydroxylation is 1. The summed E-state index contributed by atoms with van der Waals surface area (Å²) in [6.45, 7) is 3.81. The molecule has 1 aromatic heterocycles. The van der Waals surface area contributed by atoms with Crippen molar-refractivity contribution in [1.29, 1.82) is 0 Å². The zero-order valence-corrected chi connectivity index (χ0v) is 15.8. The van der Waals surface area contributed by atoms with E-state index in [-0.39, 0.29) is 24.4 Å². The van der Waals surface area contributed by atoms with E-state index in [0.29, 0.717) is 11.4 Å². The van der Waals surface area contributed by atoms with Gasteiger partial charge in [0.1, 0.15) is 0 Å². The summed E-state index contributed by atoms with van der Waals surface area (Å²) in [5, 5.41) is 15.4. The molecule has 1 atom stereocenters. The van der Waals surface area contributed by atoms with E-state index in [1.165, 1.54) is 0 Å². The van der Waals surface area contributed by atoms with Crippen molar-refractivity contribution >= 4 is 23.3 Å². The molecule has 3 rings (SSSR count). The second-order valence-electron chi connectivity index (χ2n) is 6.58. The number of hydrogen-bond donors (Lipinski definition) is 4. The van der Waals surface area contributed by atoms with Crippen molar-refractivity contribution in [3.63, 3.8) is 0 Å². The number of aromatic amines is 1. The Kier molecular flexibility index (Phi) is 6.06. The van der Waals surface area contributed by atoms with Gasteiger partial charge in [-0.1, -0.05) is 30.3 Å². The molecule has 1 heterocycles. The summed E-state index contributed by atoms with van der Waals surface area (Å²) >= 11 is 0. The van der Waals surface area contributed by atoms with Gasteiger partial charge in [0.05, 0.1) is 18.2 Å². The fourth-order valence-corrected chi connectivity index (χ4v) is 2.78. The molecule has 2 aromatic carbocycles. The van der Waals surface area contributed by atoms with Crippen molar-refractivity contribution in [3.8, 4) is 0 Å². The Morgan fingerprint density at radius 1 is 1.00 bits per heavy atom. The van der Waals surface area contributed by atoms with Crippen LogP contribution >= 0.6 is 0 Å². The Labute approximate surface area is 163 Å². The van der Waals surface area contributed by atoms with Crippen molar-refractivity contribution in [2.24, 2.45) is 0 Å². The molecule has 0 bridgehead atoms. The molecule has 1 unspecified atom stereocenters. The van der Waals surface area contributed by atoms with Gasteiger partial charge in [0, 0.05) is 17.1 Å². The number of rotatable bonds is 6. The minimum Gasteiger partial charge on any atom is -0.349 e. The Balaban J connectivity index is 1.51. The lowest BCUT2D eigenvalue weighted by Gasteiger charge is -2.15. The highest BCUT2D eigenvalue weighted by molar-refractivity contribution is 5.99. The van der Waals surface area contributed by atoms with Crippen molar-refractivity contribution < 1.29 is 9.59 Å². The number of carbonyl (C=O) groups excluding carboxylic acids is 2. The number of carbonyl (C=O) groups is 2. The number of nitrogens with zero attached hydrogens (tertiary/aromatic N) is 1. The number of aromatic nitrogens is 2. The van der Waals surface area contributed by atoms with Crippen LogP contribution in [-0.4, -0.2) is 22.1 Å². The summed E-state index contributed by atoms with van der Waals surface area (Å²) in [7, 11) is 0. The molecule has 0 radical (unpaired) electrons. The van der Waals surface area contributed by atoms with Crippen LogP contribution < -0.4 is 16.0 Å². The lowest BCUT2D eigenvalue weighted by molar-refractivity contribution is -0.121. The molecule has 0 saturated carbocycles. The van der Waals surface area contributed by atoms with E-state index in [2.05, 4.69) is 26.1 Å². The molecular formula is C21H23N5O2. The van der Waals surface area contributed by atoms with Gasteiger partial charge >= 0.3 is 6.03 Å². The van der Waals surface area contributed by atoms with Crippen LogP contribution in [0.25, 0.3) is 0 Å². The highest BCUT2D eigenvalue weighted by atomic mass is 16.2. The molecule has 0 aliphatic rings. The zero-order valence-electron chi connectivity index (χ0n) is 15.8. The minimum absolute atomic E-state index is 0.0940. The van der Waals surface area contributed by atoms with Gasteiger partial charge in [0.25, 0.3) is 0 Å². The van der Waals surface area contributed by atoms with Crippen molar-refractivity contribution in [2.75, 3.05) is 10.6 Å². The summed E-state index contributed by atoms with van der Waals surface area (Å²) in [5.41, 5.74) is 3.98. The molecule has 144 valence electrons. The largest absolute Gasteiger partial charge is 0.349 e. The predicted molar refractivity (Wildman–Crippen MR) is 109 cm³/mol. The molecule has 4 N–H and O–H groups in total. The highest BCUT2D eigenvalue weighted by Crippen LogP contribution is 2.17. The molecule has 28 heavy (non-hydrogen) atoms. The quantitative estimate of drug-likeness (QED) is 0.526. The number of anilines is 2. The third-order valence-electron chi connectivity index (χ3n) is 4.18. The second-order valence-corrected chi connectivity index (χ2v) is 6.58. The summed E-state index contributed by atoms with van der Waals surface area (Å²) < 4.78 is 0. The molecule has 0 saturated heterocycles. The Hall–Kier alpha value is -3.61. The molecule has 3 aromatic rings. The van der Waals surface area contributed by atoms with Crippen molar-refractivity contribution in [3.05, 3.63) is 77.6 Å². The number of benzene rings is 2. The molecule has 0 aliphatic carbocycles. The SMILES string of the molecule is Cc1cc(CC(=O)NC(C)c2ccc(NC(=O)Nc3ccccc3)cc2)n[nH]1. The van der Waals surface area contributed by atoms with E-state index in [9.17, 15) is 9.59 Å². The van der Waals surface area contributed by atoms with Gasteiger partial charge in [-0.3, -0.25) is 9.89 Å². The first-order valence-electron chi connectivity index (χ1n) is 9.03. The van der Waals surface area contributed by atoms with E-state index in [1.807, 2.05) is 62.4 Å². The first-order chi connectivity index (χ1) is 13.5. The van der Waals surface area contributed by atoms with Crippen LogP contribution in [0.3, 0.4) is 0 Å². The van der Waals surface area contributed by atoms with Gasteiger partial charge in [-0.2, -0.15) is 5.10 Å². The average molecular weight is 377 g/mol. The summed E-state index contributed by atoms with van der Waals surface area (Å²) in [5.74, 6) is -0.0940. The Morgan fingerprint density at radius 3 is 2.25 bits per heavy atom. The van der Waals surface area contributed by atoms with E-state index >= 15 is 0 Å². The number of H-pyrrole nitrogens is 1. The smallest absolute Gasteiger partial charge is 0.323 e. The number of hydrogen-bond acceptors (Lipinski definition) is 3. The van der Waals surface area contributed by atoms with Crippen LogP contribution in [0.4, 0.5) is 16.2 Å². The van der Waals surface area contributed by atoms with Gasteiger partial charge in [0.15, 0.2) is 0 Å². The summed E-state index contributed by atoms with van der Waals surface area (Å²) in [6, 6.07) is 18.0. The fraction of sp³-hybridized carbons (Fsp3) is 0.190. The number of urea groups is 1. The minimum atomic E-state index is -0.311. The van der Waals surface area contributed by atoms with Crippen LogP contribution in [0.15, 0.2) is 60.7 Å². The second kappa shape index (κ2) is 8.85. The monoisotopic (exact) mass is 377 g/mol. The molecule has 0 fully saturated rings. The van der Waals surface area contributed by atoms with Crippen LogP contribution in [0.1, 0.15) is 29.9 Å². The fourth-order valence-electron chi connectivity index (χ4n) is 2.78. The summed E-state index contributed by atoms with van der Waals surface area (Å²) in [4.78, 5) is 24.2. The average Bonchev–Trinajstić information content (AvgIpc) is 3.07. The van der Waals surface area contributed by atoms with Gasteiger partial charge in [-0.25, -0.2) is 4.79 Å². The van der Waals surface area contributed by atoms with E-state index < -0.39 is 0 Å². The lowest BCUT2D eigenvalue weighted by Crippen LogP contribution is -2.28. The predicted octanol–water partition coefficient (Wildman–Crippen LogP) is 3.78. The third kappa shape index (κ3) is 5.44. The molecule has 7 heteroatoms. The van der Waals surface area contributed by atoms with Crippen LogP contribution in [0.2, 0.25) is 0 Å². The first-order valence-corrected chi connectivity index (χ1v) is 9.03. The van der Waals surface area contributed by atoms with Gasteiger partial charge in [-0.15, -0.1) is 0 Å². The van der Waals surface area contributed by atoms with Crippen LogP contribution in [-0.2, 0) is 11.2 Å². The van der Waals surface area contributed by atoms with Gasteiger partial charge in [-0.05, 0) is 49.7 Å². The molecule has 0 aliphatic heterocycles. The molecule has 7 nitrogen and oxygen atoms in total. The van der Waals surface area contributed by atoms with Crippen LogP contribution in [0, 0.1) is 6.92 Å². The maximum absolute atomic E-state index is 12.2. The maximum atomic E-state index is 12.2. The summed E-state index contributed by atoms with van der Waals surface area (Å²) in [6.07, 6.45) is 0.230. The number of para-hydroxylation sites is 1.